The number of benzene rings is 2. The predicted molar refractivity (Wildman–Crippen MR) is 82.4 cm³/mol. The van der Waals surface area contributed by atoms with E-state index in [1.165, 1.54) is 12.1 Å². The van der Waals surface area contributed by atoms with Gasteiger partial charge in [-0.25, -0.2) is 0 Å². The van der Waals surface area contributed by atoms with Crippen LogP contribution in [0.3, 0.4) is 0 Å². The van der Waals surface area contributed by atoms with Crippen molar-refractivity contribution in [1.29, 1.82) is 0 Å². The molecule has 0 aliphatic heterocycles. The van der Waals surface area contributed by atoms with Crippen molar-refractivity contribution in [2.24, 2.45) is 0 Å². The van der Waals surface area contributed by atoms with E-state index in [-0.39, 0.29) is 37.6 Å². The number of phenols is 4. The van der Waals surface area contributed by atoms with E-state index in [0.717, 1.165) is 0 Å². The second-order valence-electron chi connectivity index (χ2n) is 4.21. The Bertz CT molecular complexity index is 617. The largest absolute Gasteiger partial charge is 0.506 e. The maximum atomic E-state index is 9.90. The van der Waals surface area contributed by atoms with Gasteiger partial charge in [0.2, 0.25) is 0 Å². The maximum Gasteiger partial charge on any atom is 0.141 e. The summed E-state index contributed by atoms with van der Waals surface area (Å²) in [6.45, 7) is 0. The molecule has 2 aromatic carbocycles. The molecule has 0 fully saturated rings. The normalized spacial score (nSPS) is 10.9. The van der Waals surface area contributed by atoms with E-state index in [1.54, 1.807) is 0 Å². The third-order valence-electron chi connectivity index (χ3n) is 2.91. The molecule has 0 aliphatic rings. The highest BCUT2D eigenvalue weighted by Crippen LogP contribution is 2.45. The van der Waals surface area contributed by atoms with Crippen LogP contribution in [0.5, 0.6) is 23.0 Å². The first-order valence-electron chi connectivity index (χ1n) is 5.51. The van der Waals surface area contributed by atoms with Crippen molar-refractivity contribution in [1.82, 2.24) is 0 Å². The third kappa shape index (κ3) is 2.90. The van der Waals surface area contributed by atoms with Crippen LogP contribution < -0.4 is 0 Å². The molecule has 0 atom stereocenters. The highest BCUT2D eigenvalue weighted by atomic mass is 35.5. The summed E-state index contributed by atoms with van der Waals surface area (Å²) in [5.41, 5.74) is -0.145. The van der Waals surface area contributed by atoms with Crippen molar-refractivity contribution in [2.45, 2.75) is 6.42 Å². The molecule has 4 nitrogen and oxygen atoms in total. The van der Waals surface area contributed by atoms with E-state index < -0.39 is 23.0 Å². The molecule has 0 saturated carbocycles. The van der Waals surface area contributed by atoms with Crippen molar-refractivity contribution in [3.8, 4) is 23.0 Å². The zero-order chi connectivity index (χ0) is 15.9. The average molecular weight is 370 g/mol. The summed E-state index contributed by atoms with van der Waals surface area (Å²) < 4.78 is 0. The third-order valence-corrected chi connectivity index (χ3v) is 4.06. The SMILES string of the molecule is Oc1c(Cl)cc(Cl)c(O)c1Cc1c(O)c(Cl)cc(Cl)c1O. The number of rotatable bonds is 2. The Morgan fingerprint density at radius 2 is 0.810 bits per heavy atom. The van der Waals surface area contributed by atoms with Crippen LogP contribution in [0, 0.1) is 0 Å². The summed E-state index contributed by atoms with van der Waals surface area (Å²) >= 11 is 23.1. The molecule has 8 heteroatoms. The second kappa shape index (κ2) is 5.89. The topological polar surface area (TPSA) is 80.9 Å². The Balaban J connectivity index is 2.64. The van der Waals surface area contributed by atoms with Crippen LogP contribution in [0.25, 0.3) is 0 Å². The van der Waals surface area contributed by atoms with Crippen molar-refractivity contribution in [3.05, 3.63) is 43.4 Å². The van der Waals surface area contributed by atoms with Crippen LogP contribution in [0.15, 0.2) is 12.1 Å². The molecule has 0 amide bonds. The molecular weight excluding hydrogens is 362 g/mol. The van der Waals surface area contributed by atoms with Gasteiger partial charge in [0.05, 0.1) is 20.1 Å². The lowest BCUT2D eigenvalue weighted by Gasteiger charge is -2.14. The van der Waals surface area contributed by atoms with Gasteiger partial charge in [-0.05, 0) is 12.1 Å². The van der Waals surface area contributed by atoms with Gasteiger partial charge >= 0.3 is 0 Å². The first-order chi connectivity index (χ1) is 9.73. The zero-order valence-electron chi connectivity index (χ0n) is 10.2. The summed E-state index contributed by atoms with van der Waals surface area (Å²) in [5.74, 6) is -1.69. The Kier molecular flexibility index (Phi) is 4.54. The monoisotopic (exact) mass is 368 g/mol. The molecule has 0 aliphatic carbocycles. The van der Waals surface area contributed by atoms with Crippen LogP contribution in [0.1, 0.15) is 11.1 Å². The molecule has 0 radical (unpaired) electrons. The molecular formula is C13H8Cl4O4. The average Bonchev–Trinajstić information content (AvgIpc) is 2.42. The fraction of sp³-hybridized carbons (Fsp3) is 0.0769. The molecule has 4 N–H and O–H groups in total. The summed E-state index contributed by atoms with van der Waals surface area (Å²) in [6.07, 6.45) is -0.282. The smallest absolute Gasteiger partial charge is 0.141 e. The van der Waals surface area contributed by atoms with Gasteiger partial charge in [0.1, 0.15) is 23.0 Å². The molecule has 0 saturated heterocycles. The fourth-order valence-corrected chi connectivity index (χ4v) is 2.81. The van der Waals surface area contributed by atoms with E-state index in [0.29, 0.717) is 0 Å². The molecule has 0 spiro atoms. The van der Waals surface area contributed by atoms with Gasteiger partial charge in [0.25, 0.3) is 0 Å². The summed E-state index contributed by atoms with van der Waals surface area (Å²) in [7, 11) is 0. The molecule has 0 aromatic heterocycles. The molecule has 2 aromatic rings. The second-order valence-corrected chi connectivity index (χ2v) is 5.84. The van der Waals surface area contributed by atoms with Crippen LogP contribution in [0.2, 0.25) is 20.1 Å². The summed E-state index contributed by atoms with van der Waals surface area (Å²) in [5, 5.41) is 39.3. The van der Waals surface area contributed by atoms with Gasteiger partial charge in [0.15, 0.2) is 0 Å². The van der Waals surface area contributed by atoms with Gasteiger partial charge in [0, 0.05) is 17.5 Å². The van der Waals surface area contributed by atoms with E-state index >= 15 is 0 Å². The molecule has 112 valence electrons. The number of phenolic OH excluding ortho intramolecular Hbond substituents is 4. The fourth-order valence-electron chi connectivity index (χ4n) is 1.81. The van der Waals surface area contributed by atoms with Crippen LogP contribution >= 0.6 is 46.4 Å². The Morgan fingerprint density at radius 3 is 1.05 bits per heavy atom. The van der Waals surface area contributed by atoms with Crippen LogP contribution in [-0.2, 0) is 6.42 Å². The number of aromatic hydroxyl groups is 4. The first-order valence-corrected chi connectivity index (χ1v) is 7.02. The minimum Gasteiger partial charge on any atom is -0.506 e. The molecule has 0 unspecified atom stereocenters. The lowest BCUT2D eigenvalue weighted by atomic mass is 10.0. The van der Waals surface area contributed by atoms with Crippen LogP contribution in [-0.4, -0.2) is 20.4 Å². The van der Waals surface area contributed by atoms with Gasteiger partial charge in [-0.1, -0.05) is 46.4 Å². The van der Waals surface area contributed by atoms with E-state index in [1.807, 2.05) is 0 Å². The van der Waals surface area contributed by atoms with E-state index in [4.69, 9.17) is 46.4 Å². The number of hydrogen-bond acceptors (Lipinski definition) is 4. The summed E-state index contributed by atoms with van der Waals surface area (Å²) in [6, 6.07) is 2.34. The van der Waals surface area contributed by atoms with Gasteiger partial charge in [-0.2, -0.15) is 0 Å². The Labute approximate surface area is 139 Å². The predicted octanol–water partition coefficient (Wildman–Crippen LogP) is 4.71. The van der Waals surface area contributed by atoms with Crippen LogP contribution in [0.4, 0.5) is 0 Å². The highest BCUT2D eigenvalue weighted by molar-refractivity contribution is 6.37. The lowest BCUT2D eigenvalue weighted by molar-refractivity contribution is 0.430. The summed E-state index contributed by atoms with van der Waals surface area (Å²) in [4.78, 5) is 0. The molecule has 0 heterocycles. The van der Waals surface area contributed by atoms with Gasteiger partial charge < -0.3 is 20.4 Å². The van der Waals surface area contributed by atoms with Crippen molar-refractivity contribution in [2.75, 3.05) is 0 Å². The van der Waals surface area contributed by atoms with Crippen molar-refractivity contribution >= 4 is 46.4 Å². The number of hydrogen-bond donors (Lipinski definition) is 4. The van der Waals surface area contributed by atoms with Crippen molar-refractivity contribution in [3.63, 3.8) is 0 Å². The Morgan fingerprint density at radius 1 is 0.571 bits per heavy atom. The van der Waals surface area contributed by atoms with Gasteiger partial charge in [-0.3, -0.25) is 0 Å². The van der Waals surface area contributed by atoms with Crippen molar-refractivity contribution < 1.29 is 20.4 Å². The zero-order valence-corrected chi connectivity index (χ0v) is 13.2. The van der Waals surface area contributed by atoms with E-state index in [9.17, 15) is 20.4 Å². The molecule has 0 bridgehead atoms. The number of halogens is 4. The minimum atomic E-state index is -0.423. The molecule has 21 heavy (non-hydrogen) atoms. The maximum absolute atomic E-state index is 9.90. The minimum absolute atomic E-state index is 0.0727. The first kappa shape index (κ1) is 16.2. The molecule has 2 rings (SSSR count). The quantitative estimate of drug-likeness (QED) is 0.617. The lowest BCUT2D eigenvalue weighted by Crippen LogP contribution is -1.94. The Hall–Kier alpha value is -1.20. The van der Waals surface area contributed by atoms with E-state index in [2.05, 4.69) is 0 Å². The van der Waals surface area contributed by atoms with Gasteiger partial charge in [-0.15, -0.1) is 0 Å². The standard InChI is InChI=1S/C13H8Cl4O4/c14-6-2-7(15)11(19)4(10(6)18)1-5-12(20)8(16)3-9(17)13(5)21/h2-3,18-21H,1H2. The highest BCUT2D eigenvalue weighted by Gasteiger charge is 2.21.